The van der Waals surface area contributed by atoms with Gasteiger partial charge in [-0.15, -0.1) is 0 Å². The van der Waals surface area contributed by atoms with Gasteiger partial charge in [-0.2, -0.15) is 0 Å². The third kappa shape index (κ3) is 5.30. The minimum atomic E-state index is -1.14. The Kier molecular flexibility index (Phi) is 7.03. The fourth-order valence-corrected chi connectivity index (χ4v) is 1.59. The summed E-state index contributed by atoms with van der Waals surface area (Å²) in [4.78, 5) is 10.7. The van der Waals surface area contributed by atoms with Gasteiger partial charge in [0, 0.05) is 12.3 Å². The number of rotatable bonds is 7. The van der Waals surface area contributed by atoms with Crippen LogP contribution in [0.1, 0.15) is 27.2 Å². The van der Waals surface area contributed by atoms with Crippen molar-refractivity contribution in [3.63, 3.8) is 0 Å². The quantitative estimate of drug-likeness (QED) is 0.487. The number of aliphatic hydroxyl groups is 3. The van der Waals surface area contributed by atoms with Gasteiger partial charge in [0.2, 0.25) is 0 Å². The molecule has 0 amide bonds. The molecule has 0 aromatic rings. The maximum absolute atomic E-state index is 10.7. The Bertz CT molecular complexity index is 264. The molecule has 5 atom stereocenters. The summed E-state index contributed by atoms with van der Waals surface area (Å²) in [5.41, 5.74) is 0. The van der Waals surface area contributed by atoms with Crippen molar-refractivity contribution in [1.29, 1.82) is 0 Å². The van der Waals surface area contributed by atoms with Crippen LogP contribution in [-0.2, 0) is 4.79 Å². The molecule has 0 aliphatic rings. The molecule has 5 heteroatoms. The summed E-state index contributed by atoms with van der Waals surface area (Å²) in [6.45, 7) is 4.70. The van der Waals surface area contributed by atoms with Crippen molar-refractivity contribution in [3.05, 3.63) is 12.2 Å². The molecule has 0 aromatic heterocycles. The van der Waals surface area contributed by atoms with Gasteiger partial charge in [-0.05, 0) is 13.8 Å². The van der Waals surface area contributed by atoms with Gasteiger partial charge in [0.25, 0.3) is 0 Å². The van der Waals surface area contributed by atoms with E-state index in [0.29, 0.717) is 0 Å². The predicted octanol–water partition coefficient (Wildman–Crippen LogP) is 0.392. The van der Waals surface area contributed by atoms with Gasteiger partial charge in [0.05, 0.1) is 24.2 Å². The SMILES string of the molecule is C/C=C/C(O)CC(O)C(C)C(O)C(C)C(=O)O. The van der Waals surface area contributed by atoms with Crippen LogP contribution in [0.25, 0.3) is 0 Å². The van der Waals surface area contributed by atoms with Gasteiger partial charge in [-0.3, -0.25) is 4.79 Å². The van der Waals surface area contributed by atoms with Crippen molar-refractivity contribution in [2.24, 2.45) is 11.8 Å². The van der Waals surface area contributed by atoms with Crippen LogP contribution in [-0.4, -0.2) is 44.7 Å². The van der Waals surface area contributed by atoms with Crippen molar-refractivity contribution in [1.82, 2.24) is 0 Å². The fraction of sp³-hybridized carbons (Fsp3) is 0.750. The lowest BCUT2D eigenvalue weighted by atomic mass is 9.87. The Morgan fingerprint density at radius 2 is 1.76 bits per heavy atom. The zero-order valence-corrected chi connectivity index (χ0v) is 10.4. The van der Waals surface area contributed by atoms with E-state index in [-0.39, 0.29) is 6.42 Å². The second-order valence-corrected chi connectivity index (χ2v) is 4.37. The molecule has 0 spiro atoms. The van der Waals surface area contributed by atoms with Gasteiger partial charge in [-0.1, -0.05) is 19.1 Å². The highest BCUT2D eigenvalue weighted by atomic mass is 16.4. The Morgan fingerprint density at radius 1 is 1.24 bits per heavy atom. The average molecular weight is 246 g/mol. The van der Waals surface area contributed by atoms with Crippen molar-refractivity contribution in [3.8, 4) is 0 Å². The van der Waals surface area contributed by atoms with Crippen molar-refractivity contribution < 1.29 is 25.2 Å². The van der Waals surface area contributed by atoms with Crippen LogP contribution >= 0.6 is 0 Å². The van der Waals surface area contributed by atoms with Gasteiger partial charge in [-0.25, -0.2) is 0 Å². The monoisotopic (exact) mass is 246 g/mol. The van der Waals surface area contributed by atoms with Crippen molar-refractivity contribution in [2.45, 2.75) is 45.5 Å². The van der Waals surface area contributed by atoms with Crippen LogP contribution in [0, 0.1) is 11.8 Å². The molecule has 4 N–H and O–H groups in total. The van der Waals surface area contributed by atoms with E-state index in [9.17, 15) is 20.1 Å². The van der Waals surface area contributed by atoms with Crippen LogP contribution in [0.2, 0.25) is 0 Å². The molecule has 0 rings (SSSR count). The number of aliphatic carboxylic acids is 1. The Balaban J connectivity index is 4.38. The first kappa shape index (κ1) is 16.1. The maximum atomic E-state index is 10.7. The van der Waals surface area contributed by atoms with Gasteiger partial charge < -0.3 is 20.4 Å². The number of aliphatic hydroxyl groups excluding tert-OH is 3. The van der Waals surface area contributed by atoms with Crippen LogP contribution in [0.3, 0.4) is 0 Å². The lowest BCUT2D eigenvalue weighted by Crippen LogP contribution is -2.38. The molecular weight excluding hydrogens is 224 g/mol. The smallest absolute Gasteiger partial charge is 0.308 e. The van der Waals surface area contributed by atoms with Crippen LogP contribution in [0.5, 0.6) is 0 Å². The van der Waals surface area contributed by atoms with E-state index >= 15 is 0 Å². The number of carboxylic acids is 1. The summed E-state index contributed by atoms with van der Waals surface area (Å²) in [5, 5.41) is 37.7. The highest BCUT2D eigenvalue weighted by molar-refractivity contribution is 5.70. The Labute approximate surface area is 101 Å². The number of allylic oxidation sites excluding steroid dienone is 1. The zero-order valence-electron chi connectivity index (χ0n) is 10.4. The summed E-state index contributed by atoms with van der Waals surface area (Å²) in [6.07, 6.45) is 0.402. The summed E-state index contributed by atoms with van der Waals surface area (Å²) >= 11 is 0. The highest BCUT2D eigenvalue weighted by Crippen LogP contribution is 2.20. The van der Waals surface area contributed by atoms with Crippen molar-refractivity contribution in [2.75, 3.05) is 0 Å². The van der Waals surface area contributed by atoms with E-state index in [1.54, 1.807) is 19.9 Å². The zero-order chi connectivity index (χ0) is 13.6. The van der Waals surface area contributed by atoms with E-state index < -0.39 is 36.1 Å². The molecule has 5 unspecified atom stereocenters. The minimum Gasteiger partial charge on any atom is -0.481 e. The lowest BCUT2D eigenvalue weighted by Gasteiger charge is -2.27. The molecule has 5 nitrogen and oxygen atoms in total. The van der Waals surface area contributed by atoms with Gasteiger partial charge in [0.1, 0.15) is 0 Å². The summed E-state index contributed by atoms with van der Waals surface area (Å²) in [6, 6.07) is 0. The molecule has 0 saturated carbocycles. The first-order valence-corrected chi connectivity index (χ1v) is 5.71. The Hall–Kier alpha value is -0.910. The lowest BCUT2D eigenvalue weighted by molar-refractivity contribution is -0.147. The summed E-state index contributed by atoms with van der Waals surface area (Å²) in [5.74, 6) is -2.66. The van der Waals surface area contributed by atoms with Gasteiger partial charge in [0.15, 0.2) is 0 Å². The van der Waals surface area contributed by atoms with Gasteiger partial charge >= 0.3 is 5.97 Å². The molecule has 0 aliphatic carbocycles. The Morgan fingerprint density at radius 3 is 2.18 bits per heavy atom. The van der Waals surface area contributed by atoms with Crippen LogP contribution < -0.4 is 0 Å². The fourth-order valence-electron chi connectivity index (χ4n) is 1.59. The molecule has 17 heavy (non-hydrogen) atoms. The molecule has 0 bridgehead atoms. The first-order valence-electron chi connectivity index (χ1n) is 5.71. The van der Waals surface area contributed by atoms with E-state index in [4.69, 9.17) is 5.11 Å². The van der Waals surface area contributed by atoms with E-state index in [1.807, 2.05) is 0 Å². The van der Waals surface area contributed by atoms with Crippen molar-refractivity contribution >= 4 is 5.97 Å². The maximum Gasteiger partial charge on any atom is 0.308 e. The number of carboxylic acid groups (broad SMARTS) is 1. The second-order valence-electron chi connectivity index (χ2n) is 4.37. The third-order valence-corrected chi connectivity index (χ3v) is 2.95. The highest BCUT2D eigenvalue weighted by Gasteiger charge is 2.31. The minimum absolute atomic E-state index is 0.0783. The van der Waals surface area contributed by atoms with E-state index in [2.05, 4.69) is 0 Å². The number of hydrogen-bond acceptors (Lipinski definition) is 4. The normalized spacial score (nSPS) is 20.8. The number of hydrogen-bond donors (Lipinski definition) is 4. The second kappa shape index (κ2) is 7.42. The van der Waals surface area contributed by atoms with Crippen LogP contribution in [0.4, 0.5) is 0 Å². The summed E-state index contributed by atoms with van der Waals surface area (Å²) < 4.78 is 0. The molecule has 0 fully saturated rings. The van der Waals surface area contributed by atoms with E-state index in [0.717, 1.165) is 0 Å². The number of carbonyl (C=O) groups is 1. The third-order valence-electron chi connectivity index (χ3n) is 2.95. The molecular formula is C12H22O5. The average Bonchev–Trinajstić information content (AvgIpc) is 2.25. The molecule has 100 valence electrons. The first-order chi connectivity index (χ1) is 7.81. The predicted molar refractivity (Wildman–Crippen MR) is 63.4 cm³/mol. The van der Waals surface area contributed by atoms with Crippen LogP contribution in [0.15, 0.2) is 12.2 Å². The molecule has 0 saturated heterocycles. The molecule has 0 aliphatic heterocycles. The molecule has 0 aromatic carbocycles. The van der Waals surface area contributed by atoms with E-state index in [1.165, 1.54) is 13.0 Å². The standard InChI is InChI=1S/C12H22O5/c1-4-5-9(13)6-10(14)7(2)11(15)8(3)12(16)17/h4-5,7-11,13-15H,6H2,1-3H3,(H,16,17)/b5-4+. The topological polar surface area (TPSA) is 98.0 Å². The molecule has 0 radical (unpaired) electrons. The summed E-state index contributed by atoms with van der Waals surface area (Å²) in [7, 11) is 0. The molecule has 0 heterocycles. The largest absolute Gasteiger partial charge is 0.481 e.